The number of likely N-dealkylation sites (tertiary alicyclic amines) is 1. The van der Waals surface area contributed by atoms with E-state index >= 15 is 0 Å². The van der Waals surface area contributed by atoms with Crippen LogP contribution in [0, 0.1) is 17.8 Å². The maximum Gasteiger partial charge on any atom is 0.264 e. The molecular weight excluding hydrogens is 672 g/mol. The Labute approximate surface area is 304 Å². The van der Waals surface area contributed by atoms with Crippen LogP contribution >= 0.6 is 11.6 Å². The minimum Gasteiger partial charge on any atom is -0.487 e. The molecule has 2 aromatic carbocycles. The molecule has 1 saturated carbocycles. The molecule has 0 aromatic heterocycles. The van der Waals surface area contributed by atoms with Gasteiger partial charge in [-0.25, -0.2) is 13.1 Å². The monoisotopic (exact) mass is 726 g/mol. The number of methoxy groups -OCH3 is 1. The first-order valence-corrected chi connectivity index (χ1v) is 20.1. The fourth-order valence-electron chi connectivity index (χ4n) is 8.29. The number of nitrogens with one attached hydrogen (secondary N) is 1. The highest BCUT2D eigenvalue weighted by Gasteiger charge is 2.51. The molecule has 274 valence electrons. The van der Waals surface area contributed by atoms with Crippen LogP contribution in [0.2, 0.25) is 5.02 Å². The fraction of sp³-hybridized carbons (Fsp3) is 0.615. The fourth-order valence-corrected chi connectivity index (χ4v) is 9.77. The van der Waals surface area contributed by atoms with E-state index in [1.165, 1.54) is 5.56 Å². The zero-order valence-corrected chi connectivity index (χ0v) is 32.2. The number of halogens is 1. The molecule has 9 nitrogen and oxygen atoms in total. The van der Waals surface area contributed by atoms with E-state index in [-0.39, 0.29) is 17.4 Å². The number of likely N-dealkylation sites (N-methyl/N-ethyl adjacent to an activating group) is 1. The number of nitrogens with zero attached hydrogens (tertiary/aromatic N) is 3. The molecule has 50 heavy (non-hydrogen) atoms. The predicted octanol–water partition coefficient (Wildman–Crippen LogP) is 6.15. The molecule has 2 aromatic rings. The number of hydrogen-bond acceptors (Lipinski definition) is 8. The first-order chi connectivity index (χ1) is 23.7. The Morgan fingerprint density at radius 1 is 1.08 bits per heavy atom. The van der Waals surface area contributed by atoms with Gasteiger partial charge in [-0.15, -0.1) is 0 Å². The average Bonchev–Trinajstić information content (AvgIpc) is 3.07. The number of rotatable bonds is 4. The van der Waals surface area contributed by atoms with Crippen molar-refractivity contribution in [3.8, 4) is 5.75 Å². The quantitative estimate of drug-likeness (QED) is 0.376. The Kier molecular flexibility index (Phi) is 11.0. The highest BCUT2D eigenvalue weighted by atomic mass is 35.5. The lowest BCUT2D eigenvalue weighted by molar-refractivity contribution is -0.120. The number of hydrogen-bond donors (Lipinski definition) is 1. The number of sulfonamides is 1. The number of allylic oxidation sites excluding steroid dienone is 1. The first-order valence-electron chi connectivity index (χ1n) is 18.2. The van der Waals surface area contributed by atoms with Gasteiger partial charge >= 0.3 is 0 Å². The van der Waals surface area contributed by atoms with Gasteiger partial charge in [0.2, 0.25) is 10.0 Å². The van der Waals surface area contributed by atoms with Crippen molar-refractivity contribution in [3.63, 3.8) is 0 Å². The van der Waals surface area contributed by atoms with Gasteiger partial charge in [-0.3, -0.25) is 9.69 Å². The van der Waals surface area contributed by atoms with Crippen molar-refractivity contribution < 1.29 is 22.7 Å². The SMILES string of the molecule is CO[C@@]1(CN2CC(C)(N(C)C)C2)/C=C/C[C@H](C)[C@@H](C)S(=O)(=O)NC(=O)c2ccc3c(c2)N(CCCCc2cc(Cl)ccc2CO3)C[C@@H]2CC[C@H]21. The van der Waals surface area contributed by atoms with Crippen LogP contribution in [0.5, 0.6) is 5.75 Å². The summed E-state index contributed by atoms with van der Waals surface area (Å²) in [5.74, 6) is 0.471. The van der Waals surface area contributed by atoms with E-state index in [4.69, 9.17) is 21.1 Å². The average molecular weight is 727 g/mol. The molecule has 0 unspecified atom stereocenters. The van der Waals surface area contributed by atoms with Crippen LogP contribution in [-0.2, 0) is 27.8 Å². The van der Waals surface area contributed by atoms with Gasteiger partial charge in [-0.2, -0.15) is 0 Å². The molecule has 1 N–H and O–H groups in total. The van der Waals surface area contributed by atoms with E-state index in [1.807, 2.05) is 44.4 Å². The smallest absolute Gasteiger partial charge is 0.264 e. The number of amides is 1. The predicted molar refractivity (Wildman–Crippen MR) is 201 cm³/mol. The zero-order valence-electron chi connectivity index (χ0n) is 30.6. The normalized spacial score (nSPS) is 30.7. The van der Waals surface area contributed by atoms with E-state index < -0.39 is 26.8 Å². The summed E-state index contributed by atoms with van der Waals surface area (Å²) < 4.78 is 42.6. The van der Waals surface area contributed by atoms with E-state index in [2.05, 4.69) is 52.6 Å². The molecule has 6 rings (SSSR count). The molecule has 1 amide bonds. The van der Waals surface area contributed by atoms with Gasteiger partial charge in [0.15, 0.2) is 0 Å². The van der Waals surface area contributed by atoms with E-state index in [9.17, 15) is 13.2 Å². The third-order valence-corrected chi connectivity index (χ3v) is 14.4. The molecule has 4 aliphatic rings. The highest BCUT2D eigenvalue weighted by molar-refractivity contribution is 7.90. The van der Waals surface area contributed by atoms with Crippen LogP contribution < -0.4 is 14.4 Å². The van der Waals surface area contributed by atoms with Gasteiger partial charge in [0, 0.05) is 56.0 Å². The highest BCUT2D eigenvalue weighted by Crippen LogP contribution is 2.47. The second-order valence-corrected chi connectivity index (χ2v) is 18.2. The Morgan fingerprint density at radius 2 is 1.86 bits per heavy atom. The number of carbonyl (C=O) groups excluding carboxylic acids is 1. The second kappa shape index (κ2) is 14.8. The van der Waals surface area contributed by atoms with Crippen molar-refractivity contribution in [2.24, 2.45) is 17.8 Å². The lowest BCUT2D eigenvalue weighted by atomic mass is 9.63. The minimum absolute atomic E-state index is 0.131. The number of anilines is 1. The maximum atomic E-state index is 13.6. The van der Waals surface area contributed by atoms with Gasteiger partial charge < -0.3 is 19.3 Å². The largest absolute Gasteiger partial charge is 0.487 e. The van der Waals surface area contributed by atoms with Crippen LogP contribution in [0.3, 0.4) is 0 Å². The topological polar surface area (TPSA) is 91.4 Å². The van der Waals surface area contributed by atoms with Crippen LogP contribution in [0.4, 0.5) is 5.69 Å². The van der Waals surface area contributed by atoms with Gasteiger partial charge in [-0.1, -0.05) is 36.7 Å². The Hall–Kier alpha value is -2.63. The van der Waals surface area contributed by atoms with E-state index in [0.717, 1.165) is 81.1 Å². The molecule has 1 aliphatic carbocycles. The first kappa shape index (κ1) is 37.1. The van der Waals surface area contributed by atoms with Crippen molar-refractivity contribution in [1.82, 2.24) is 14.5 Å². The maximum absolute atomic E-state index is 13.6. The molecule has 1 saturated heterocycles. The van der Waals surface area contributed by atoms with Crippen LogP contribution in [-0.4, -0.2) is 94.4 Å². The molecule has 3 heterocycles. The summed E-state index contributed by atoms with van der Waals surface area (Å²) in [6.07, 6.45) is 9.88. The molecule has 11 heteroatoms. The summed E-state index contributed by atoms with van der Waals surface area (Å²) in [6.45, 7) is 10.6. The standard InChI is InChI=1S/C39H55ClN4O5S/c1-27-10-9-18-39(48-6,26-43-24-38(3,25-43)42(4)5)34-16-13-31(34)22-44-19-8-7-11-29-20-33(40)15-12-32(29)23-49-36-17-14-30(21-35(36)44)37(45)41-50(46,47)28(27)2/h9,12,14-15,17-18,20-21,27-28,31,34H,7-8,10-11,13,16,19,22-26H2,1-6H3,(H,41,45)/b18-9+/t27-,28+,31-,34+,39+/m0/s1. The van der Waals surface area contributed by atoms with Crippen molar-refractivity contribution in [2.45, 2.75) is 82.3 Å². The molecular formula is C39H55ClN4O5S. The zero-order chi connectivity index (χ0) is 35.8. The van der Waals surface area contributed by atoms with Gasteiger partial charge in [0.25, 0.3) is 5.91 Å². The molecule has 0 radical (unpaired) electrons. The number of ether oxygens (including phenoxy) is 2. The second-order valence-electron chi connectivity index (χ2n) is 15.7. The minimum atomic E-state index is -3.95. The molecule has 3 aliphatic heterocycles. The summed E-state index contributed by atoms with van der Waals surface area (Å²) in [5, 5.41) is -0.0578. The Balaban J connectivity index is 1.39. The van der Waals surface area contributed by atoms with Gasteiger partial charge in [0.1, 0.15) is 18.0 Å². The molecule has 2 bridgehead atoms. The number of benzene rings is 2. The molecule has 2 fully saturated rings. The van der Waals surface area contributed by atoms with Crippen molar-refractivity contribution in [1.29, 1.82) is 0 Å². The van der Waals surface area contributed by atoms with Gasteiger partial charge in [-0.05, 0) is 126 Å². The third-order valence-electron chi connectivity index (χ3n) is 12.2. The third kappa shape index (κ3) is 7.61. The van der Waals surface area contributed by atoms with Crippen molar-refractivity contribution >= 4 is 33.2 Å². The Bertz CT molecular complexity index is 1690. The summed E-state index contributed by atoms with van der Waals surface area (Å²) in [5.41, 5.74) is 3.01. The van der Waals surface area contributed by atoms with Crippen LogP contribution in [0.15, 0.2) is 48.6 Å². The summed E-state index contributed by atoms with van der Waals surface area (Å²) in [7, 11) is 2.18. The molecule has 0 spiro atoms. The lowest BCUT2D eigenvalue weighted by Gasteiger charge is -2.57. The lowest BCUT2D eigenvalue weighted by Crippen LogP contribution is -2.70. The van der Waals surface area contributed by atoms with E-state index in [0.29, 0.717) is 30.3 Å². The number of aryl methyl sites for hydroxylation is 1. The van der Waals surface area contributed by atoms with Gasteiger partial charge in [0.05, 0.1) is 10.9 Å². The summed E-state index contributed by atoms with van der Waals surface area (Å²) in [4.78, 5) is 20.7. The Morgan fingerprint density at radius 3 is 2.56 bits per heavy atom. The van der Waals surface area contributed by atoms with Crippen LogP contribution in [0.25, 0.3) is 0 Å². The number of carbonyl (C=O) groups is 1. The number of fused-ring (bicyclic) bond motifs is 3. The summed E-state index contributed by atoms with van der Waals surface area (Å²) in [6, 6.07) is 11.3. The molecule has 5 atom stereocenters. The summed E-state index contributed by atoms with van der Waals surface area (Å²) >= 11 is 6.39. The van der Waals surface area contributed by atoms with E-state index in [1.54, 1.807) is 13.0 Å². The van der Waals surface area contributed by atoms with Crippen molar-refractivity contribution in [3.05, 3.63) is 70.3 Å². The van der Waals surface area contributed by atoms with Crippen LogP contribution in [0.1, 0.15) is 74.4 Å². The van der Waals surface area contributed by atoms with Crippen molar-refractivity contribution in [2.75, 3.05) is 58.8 Å².